The smallest absolute Gasteiger partial charge is 0.240 e. The summed E-state index contributed by atoms with van der Waals surface area (Å²) in [4.78, 5) is 15.1. The zero-order valence-electron chi connectivity index (χ0n) is 15.7. The van der Waals surface area contributed by atoms with Gasteiger partial charge in [-0.3, -0.25) is 4.79 Å². The lowest BCUT2D eigenvalue weighted by Gasteiger charge is -2.25. The molecule has 27 heavy (non-hydrogen) atoms. The van der Waals surface area contributed by atoms with Crippen LogP contribution in [0.25, 0.3) is 11.4 Å². The van der Waals surface area contributed by atoms with Crippen LogP contribution in [0.1, 0.15) is 19.4 Å². The van der Waals surface area contributed by atoms with Gasteiger partial charge in [-0.15, -0.1) is 10.2 Å². The van der Waals surface area contributed by atoms with Crippen LogP contribution in [0.4, 0.5) is 5.69 Å². The standard InChI is InChI=1S/C21H22N4OS/c1-14-13-17-11-7-8-12-18(17)25(14)20(26)15(2)27-21-23-22-19(24(21)3)16-9-5-4-6-10-16/h4-12,14-15H,13H2,1-3H3/t14-,15+/m0/s1. The van der Waals surface area contributed by atoms with E-state index < -0.39 is 0 Å². The SMILES string of the molecule is C[C@@H](Sc1nnc(-c2ccccc2)n1C)C(=O)N1c2ccccc2C[C@@H]1C. The molecule has 1 aromatic heterocycles. The van der Waals surface area contributed by atoms with Crippen molar-refractivity contribution in [1.82, 2.24) is 14.8 Å². The van der Waals surface area contributed by atoms with E-state index in [9.17, 15) is 4.79 Å². The van der Waals surface area contributed by atoms with E-state index >= 15 is 0 Å². The number of carbonyl (C=O) groups excluding carboxylic acids is 1. The summed E-state index contributed by atoms with van der Waals surface area (Å²) in [5, 5.41) is 9.12. The van der Waals surface area contributed by atoms with Crippen LogP contribution in [-0.2, 0) is 18.3 Å². The van der Waals surface area contributed by atoms with Crippen LogP contribution < -0.4 is 4.90 Å². The number of benzene rings is 2. The van der Waals surface area contributed by atoms with Gasteiger partial charge in [-0.2, -0.15) is 0 Å². The third kappa shape index (κ3) is 3.25. The summed E-state index contributed by atoms with van der Waals surface area (Å²) < 4.78 is 1.95. The van der Waals surface area contributed by atoms with Gasteiger partial charge in [0, 0.05) is 24.3 Å². The normalized spacial score (nSPS) is 17.0. The number of nitrogens with zero attached hydrogens (tertiary/aromatic N) is 4. The second-order valence-electron chi connectivity index (χ2n) is 6.88. The monoisotopic (exact) mass is 378 g/mol. The first-order chi connectivity index (χ1) is 13.1. The van der Waals surface area contributed by atoms with Crippen molar-refractivity contribution >= 4 is 23.4 Å². The highest BCUT2D eigenvalue weighted by Crippen LogP contribution is 2.34. The van der Waals surface area contributed by atoms with Gasteiger partial charge in [0.1, 0.15) is 0 Å². The van der Waals surface area contributed by atoms with Gasteiger partial charge >= 0.3 is 0 Å². The van der Waals surface area contributed by atoms with Gasteiger partial charge in [0.25, 0.3) is 0 Å². The van der Waals surface area contributed by atoms with E-state index in [1.54, 1.807) is 0 Å². The predicted molar refractivity (Wildman–Crippen MR) is 109 cm³/mol. The summed E-state index contributed by atoms with van der Waals surface area (Å²) >= 11 is 1.46. The number of para-hydroxylation sites is 1. The minimum absolute atomic E-state index is 0.113. The zero-order chi connectivity index (χ0) is 19.0. The van der Waals surface area contributed by atoms with Crippen molar-refractivity contribution in [3.8, 4) is 11.4 Å². The number of anilines is 1. The highest BCUT2D eigenvalue weighted by molar-refractivity contribution is 8.00. The van der Waals surface area contributed by atoms with Crippen LogP contribution in [0.5, 0.6) is 0 Å². The number of hydrogen-bond donors (Lipinski definition) is 0. The number of hydrogen-bond acceptors (Lipinski definition) is 4. The maximum atomic E-state index is 13.2. The molecular formula is C21H22N4OS. The molecule has 0 saturated heterocycles. The first-order valence-electron chi connectivity index (χ1n) is 9.08. The van der Waals surface area contributed by atoms with Crippen molar-refractivity contribution < 1.29 is 4.79 Å². The van der Waals surface area contributed by atoms with Crippen LogP contribution >= 0.6 is 11.8 Å². The summed E-state index contributed by atoms with van der Waals surface area (Å²) in [6, 6.07) is 18.3. The van der Waals surface area contributed by atoms with Crippen molar-refractivity contribution in [2.75, 3.05) is 4.90 Å². The first kappa shape index (κ1) is 17.8. The molecule has 1 aliphatic heterocycles. The molecule has 0 radical (unpaired) electrons. The molecule has 2 aromatic carbocycles. The van der Waals surface area contributed by atoms with E-state index in [1.165, 1.54) is 17.3 Å². The molecule has 5 nitrogen and oxygen atoms in total. The lowest BCUT2D eigenvalue weighted by Crippen LogP contribution is -2.40. The Kier molecular flexibility index (Phi) is 4.74. The number of fused-ring (bicyclic) bond motifs is 1. The summed E-state index contributed by atoms with van der Waals surface area (Å²) in [5.41, 5.74) is 3.28. The second-order valence-corrected chi connectivity index (χ2v) is 8.19. The van der Waals surface area contributed by atoms with Crippen LogP contribution in [0.3, 0.4) is 0 Å². The lowest BCUT2D eigenvalue weighted by atomic mass is 10.1. The van der Waals surface area contributed by atoms with Gasteiger partial charge in [0.05, 0.1) is 5.25 Å². The third-order valence-electron chi connectivity index (χ3n) is 4.94. The Morgan fingerprint density at radius 3 is 2.59 bits per heavy atom. The van der Waals surface area contributed by atoms with E-state index in [0.29, 0.717) is 0 Å². The highest BCUT2D eigenvalue weighted by Gasteiger charge is 2.34. The van der Waals surface area contributed by atoms with Gasteiger partial charge < -0.3 is 9.47 Å². The number of rotatable bonds is 4. The van der Waals surface area contributed by atoms with Crippen LogP contribution in [0.15, 0.2) is 59.8 Å². The molecule has 0 saturated carbocycles. The highest BCUT2D eigenvalue weighted by atomic mass is 32.2. The lowest BCUT2D eigenvalue weighted by molar-refractivity contribution is -0.118. The van der Waals surface area contributed by atoms with Gasteiger partial charge in [-0.1, -0.05) is 60.3 Å². The summed E-state index contributed by atoms with van der Waals surface area (Å²) in [6.45, 7) is 4.04. The van der Waals surface area contributed by atoms with Crippen molar-refractivity contribution in [2.24, 2.45) is 7.05 Å². The fourth-order valence-electron chi connectivity index (χ4n) is 3.56. The predicted octanol–water partition coefficient (Wildman–Crippen LogP) is 3.94. The third-order valence-corrected chi connectivity index (χ3v) is 6.06. The van der Waals surface area contributed by atoms with E-state index in [-0.39, 0.29) is 17.2 Å². The topological polar surface area (TPSA) is 51.0 Å². The number of amides is 1. The van der Waals surface area contributed by atoms with Gasteiger partial charge in [-0.25, -0.2) is 0 Å². The number of thioether (sulfide) groups is 1. The average molecular weight is 379 g/mol. The minimum Gasteiger partial charge on any atom is -0.308 e. The van der Waals surface area contributed by atoms with Crippen LogP contribution in [-0.4, -0.2) is 32.0 Å². The molecule has 3 aromatic rings. The molecule has 2 atom stereocenters. The Hall–Kier alpha value is -2.60. The number of aromatic nitrogens is 3. The maximum absolute atomic E-state index is 13.2. The molecule has 6 heteroatoms. The molecule has 2 heterocycles. The fourth-order valence-corrected chi connectivity index (χ4v) is 4.43. The summed E-state index contributed by atoms with van der Waals surface area (Å²) in [7, 11) is 1.94. The Labute approximate surface area is 163 Å². The minimum atomic E-state index is -0.245. The summed E-state index contributed by atoms with van der Waals surface area (Å²) in [6.07, 6.45) is 0.904. The van der Waals surface area contributed by atoms with Gasteiger partial charge in [-0.05, 0) is 31.9 Å². The first-order valence-corrected chi connectivity index (χ1v) is 9.96. The molecular weight excluding hydrogens is 356 g/mol. The molecule has 0 unspecified atom stereocenters. The molecule has 1 amide bonds. The fraction of sp³-hybridized carbons (Fsp3) is 0.286. The molecule has 0 fully saturated rings. The van der Waals surface area contributed by atoms with E-state index in [4.69, 9.17) is 0 Å². The Balaban J connectivity index is 1.54. The summed E-state index contributed by atoms with van der Waals surface area (Å²) in [5.74, 6) is 0.916. The van der Waals surface area contributed by atoms with Crippen molar-refractivity contribution in [3.63, 3.8) is 0 Å². The molecule has 4 rings (SSSR count). The van der Waals surface area contributed by atoms with E-state index in [0.717, 1.165) is 28.7 Å². The Morgan fingerprint density at radius 1 is 1.11 bits per heavy atom. The quantitative estimate of drug-likeness (QED) is 0.645. The van der Waals surface area contributed by atoms with Crippen LogP contribution in [0.2, 0.25) is 0 Å². The van der Waals surface area contributed by atoms with E-state index in [1.807, 2.05) is 72.0 Å². The van der Waals surface area contributed by atoms with Gasteiger partial charge in [0.15, 0.2) is 11.0 Å². The average Bonchev–Trinajstić information content (AvgIpc) is 3.21. The molecule has 0 N–H and O–H groups in total. The largest absolute Gasteiger partial charge is 0.308 e. The Morgan fingerprint density at radius 2 is 1.81 bits per heavy atom. The Bertz CT molecular complexity index is 969. The molecule has 138 valence electrons. The van der Waals surface area contributed by atoms with E-state index in [2.05, 4.69) is 23.2 Å². The van der Waals surface area contributed by atoms with Crippen molar-refractivity contribution in [1.29, 1.82) is 0 Å². The van der Waals surface area contributed by atoms with Crippen molar-refractivity contribution in [3.05, 3.63) is 60.2 Å². The molecule has 1 aliphatic rings. The molecule has 0 aliphatic carbocycles. The maximum Gasteiger partial charge on any atom is 0.240 e. The van der Waals surface area contributed by atoms with Crippen LogP contribution in [0, 0.1) is 0 Å². The molecule has 0 spiro atoms. The second kappa shape index (κ2) is 7.19. The van der Waals surface area contributed by atoms with Crippen molar-refractivity contribution in [2.45, 2.75) is 36.7 Å². The zero-order valence-corrected chi connectivity index (χ0v) is 16.5. The van der Waals surface area contributed by atoms with Gasteiger partial charge in [0.2, 0.25) is 5.91 Å². The number of carbonyl (C=O) groups is 1. The molecule has 0 bridgehead atoms.